The van der Waals surface area contributed by atoms with Gasteiger partial charge in [0.1, 0.15) is 5.56 Å². The first kappa shape index (κ1) is 18.7. The van der Waals surface area contributed by atoms with Crippen molar-refractivity contribution in [1.29, 1.82) is 0 Å². The smallest absolute Gasteiger partial charge is 0.263 e. The summed E-state index contributed by atoms with van der Waals surface area (Å²) in [7, 11) is 6.33. The third kappa shape index (κ3) is 3.29. The minimum absolute atomic E-state index is 0. The molecule has 0 amide bonds. The quantitative estimate of drug-likeness (QED) is 0.797. The number of halogens is 1. The standard InChI is InChI=1S/C19H18O5.ClH/c1-21-16-7-11-5-13-9-18(23-3)19(24-4)10-14(13)15(20)6-12(11)8-17(16)22-2;/h7-10H,5H2,1-4H3;1H. The summed E-state index contributed by atoms with van der Waals surface area (Å²) in [5.74, 6) is 2.47. The molecule has 132 valence electrons. The number of methoxy groups -OCH3 is 4. The van der Waals surface area contributed by atoms with Gasteiger partial charge < -0.3 is 36.5 Å². The number of fused-ring (bicyclic) bond motifs is 2. The van der Waals surface area contributed by atoms with Gasteiger partial charge in [-0.1, -0.05) is 0 Å². The summed E-state index contributed by atoms with van der Waals surface area (Å²) < 4.78 is 21.4. The molecule has 1 aliphatic carbocycles. The van der Waals surface area contributed by atoms with E-state index in [2.05, 4.69) is 6.08 Å². The maximum Gasteiger partial charge on any atom is 0.263 e. The fourth-order valence-electron chi connectivity index (χ4n) is 2.87. The molecule has 25 heavy (non-hydrogen) atoms. The third-order valence-electron chi connectivity index (χ3n) is 4.11. The summed E-state index contributed by atoms with van der Waals surface area (Å²) >= 11 is 0. The Morgan fingerprint density at radius 1 is 0.760 bits per heavy atom. The molecule has 6 heteroatoms. The zero-order valence-corrected chi connectivity index (χ0v) is 15.2. The maximum atomic E-state index is 10.5. The van der Waals surface area contributed by atoms with E-state index in [1.54, 1.807) is 34.5 Å². The Morgan fingerprint density at radius 3 is 1.80 bits per heavy atom. The normalized spacial score (nSPS) is 11.6. The average Bonchev–Trinajstić information content (AvgIpc) is 2.74. The summed E-state index contributed by atoms with van der Waals surface area (Å²) in [5, 5.41) is 10.5. The third-order valence-corrected chi connectivity index (χ3v) is 4.11. The van der Waals surface area contributed by atoms with E-state index in [9.17, 15) is 5.11 Å². The summed E-state index contributed by atoms with van der Waals surface area (Å²) in [5.41, 5.74) is 3.33. The molecule has 2 aromatic carbocycles. The van der Waals surface area contributed by atoms with E-state index in [1.807, 2.05) is 18.2 Å². The second-order valence-corrected chi connectivity index (χ2v) is 5.38. The molecule has 2 aromatic rings. The molecule has 0 fully saturated rings. The maximum absolute atomic E-state index is 10.5. The lowest BCUT2D eigenvalue weighted by atomic mass is 9.98. The van der Waals surface area contributed by atoms with Crippen molar-refractivity contribution in [2.45, 2.75) is 6.42 Å². The van der Waals surface area contributed by atoms with Crippen LogP contribution in [0.5, 0.6) is 23.0 Å². The molecule has 0 aromatic heterocycles. The van der Waals surface area contributed by atoms with E-state index in [1.165, 1.54) is 0 Å². The lowest BCUT2D eigenvalue weighted by Gasteiger charge is -2.10. The highest BCUT2D eigenvalue weighted by Crippen LogP contribution is 2.39. The Balaban J connectivity index is 0.00000225. The van der Waals surface area contributed by atoms with Gasteiger partial charge in [0.05, 0.1) is 46.1 Å². The Bertz CT molecular complexity index is 814. The van der Waals surface area contributed by atoms with Crippen LogP contribution in [-0.4, -0.2) is 33.5 Å². The van der Waals surface area contributed by atoms with Gasteiger partial charge in [0, 0.05) is 24.1 Å². The number of hydrogen-bond acceptors (Lipinski definition) is 5. The second kappa shape index (κ2) is 7.51. The van der Waals surface area contributed by atoms with Crippen molar-refractivity contribution < 1.29 is 36.5 Å². The molecule has 0 atom stereocenters. The SMILES string of the molecule is COc1cc2c(cc1OC)Cc1cc(OC)c(OC)cc1C(O)=[C+]2.[Cl-]. The van der Waals surface area contributed by atoms with E-state index in [4.69, 9.17) is 18.9 Å². The molecule has 0 heterocycles. The van der Waals surface area contributed by atoms with E-state index >= 15 is 0 Å². The van der Waals surface area contributed by atoms with Crippen LogP contribution in [0.3, 0.4) is 0 Å². The molecule has 0 unspecified atom stereocenters. The highest BCUT2D eigenvalue weighted by atomic mass is 35.5. The van der Waals surface area contributed by atoms with E-state index in [0.29, 0.717) is 35.0 Å². The van der Waals surface area contributed by atoms with Crippen LogP contribution < -0.4 is 31.4 Å². The minimum atomic E-state index is 0. The molecular formula is C19H19ClO5. The lowest BCUT2D eigenvalue weighted by molar-refractivity contribution is -0.00000693. The molecule has 1 aliphatic rings. The molecule has 3 rings (SSSR count). The Kier molecular flexibility index (Phi) is 5.62. The molecule has 0 radical (unpaired) electrons. The average molecular weight is 363 g/mol. The summed E-state index contributed by atoms with van der Waals surface area (Å²) in [6.45, 7) is 0. The molecule has 0 saturated heterocycles. The van der Waals surface area contributed by atoms with Crippen LogP contribution in [0, 0.1) is 6.08 Å². The number of benzene rings is 2. The Morgan fingerprint density at radius 2 is 1.24 bits per heavy atom. The van der Waals surface area contributed by atoms with Crippen molar-refractivity contribution in [1.82, 2.24) is 0 Å². The van der Waals surface area contributed by atoms with Crippen molar-refractivity contribution in [3.05, 3.63) is 52.6 Å². The van der Waals surface area contributed by atoms with Crippen LogP contribution in [0.2, 0.25) is 0 Å². The van der Waals surface area contributed by atoms with E-state index < -0.39 is 0 Å². The van der Waals surface area contributed by atoms with Gasteiger partial charge in [-0.2, -0.15) is 0 Å². The van der Waals surface area contributed by atoms with Gasteiger partial charge >= 0.3 is 0 Å². The predicted octanol–water partition coefficient (Wildman–Crippen LogP) is 0.380. The minimum Gasteiger partial charge on any atom is -1.00 e. The van der Waals surface area contributed by atoms with Crippen LogP contribution in [-0.2, 0) is 6.42 Å². The summed E-state index contributed by atoms with van der Waals surface area (Å²) in [6, 6.07) is 7.35. The van der Waals surface area contributed by atoms with Crippen LogP contribution in [0.25, 0.3) is 5.76 Å². The van der Waals surface area contributed by atoms with Crippen molar-refractivity contribution in [2.75, 3.05) is 28.4 Å². The van der Waals surface area contributed by atoms with Gasteiger partial charge in [0.15, 0.2) is 22.8 Å². The predicted molar refractivity (Wildman–Crippen MR) is 90.3 cm³/mol. The van der Waals surface area contributed by atoms with Gasteiger partial charge in [0.25, 0.3) is 5.76 Å². The zero-order valence-electron chi connectivity index (χ0n) is 14.5. The highest BCUT2D eigenvalue weighted by molar-refractivity contribution is 5.70. The zero-order chi connectivity index (χ0) is 17.3. The summed E-state index contributed by atoms with van der Waals surface area (Å²) in [6.07, 6.45) is 3.63. The fourth-order valence-corrected chi connectivity index (χ4v) is 2.87. The van der Waals surface area contributed by atoms with Gasteiger partial charge in [-0.25, -0.2) is 0 Å². The molecule has 5 nitrogen and oxygen atoms in total. The molecule has 0 bridgehead atoms. The van der Waals surface area contributed by atoms with Crippen molar-refractivity contribution >= 4 is 5.76 Å². The van der Waals surface area contributed by atoms with Crippen molar-refractivity contribution in [3.63, 3.8) is 0 Å². The monoisotopic (exact) mass is 362 g/mol. The van der Waals surface area contributed by atoms with Gasteiger partial charge in [-0.3, -0.25) is 0 Å². The molecular weight excluding hydrogens is 344 g/mol. The van der Waals surface area contributed by atoms with Crippen molar-refractivity contribution in [3.8, 4) is 23.0 Å². The topological polar surface area (TPSA) is 57.2 Å². The molecule has 1 N–H and O–H groups in total. The number of hydrogen-bond donors (Lipinski definition) is 1. The number of rotatable bonds is 4. The van der Waals surface area contributed by atoms with Crippen LogP contribution in [0.4, 0.5) is 0 Å². The first-order valence-corrected chi connectivity index (χ1v) is 7.44. The Hall–Kier alpha value is -2.62. The molecule has 0 aliphatic heterocycles. The molecule has 0 saturated carbocycles. The van der Waals surface area contributed by atoms with Gasteiger partial charge in [-0.05, 0) is 6.07 Å². The molecule has 0 spiro atoms. The first-order chi connectivity index (χ1) is 11.6. The number of ether oxygens (including phenoxy) is 4. The second-order valence-electron chi connectivity index (χ2n) is 5.38. The number of aliphatic hydroxyl groups excluding tert-OH is 1. The van der Waals surface area contributed by atoms with Gasteiger partial charge in [-0.15, -0.1) is 0 Å². The lowest BCUT2D eigenvalue weighted by Crippen LogP contribution is -3.00. The van der Waals surface area contributed by atoms with Gasteiger partial charge in [0.2, 0.25) is 5.75 Å². The highest BCUT2D eigenvalue weighted by Gasteiger charge is 2.27. The van der Waals surface area contributed by atoms with Crippen LogP contribution in [0.1, 0.15) is 22.3 Å². The Labute approximate surface area is 153 Å². The summed E-state index contributed by atoms with van der Waals surface area (Å²) in [4.78, 5) is 0. The van der Waals surface area contributed by atoms with Crippen molar-refractivity contribution in [2.24, 2.45) is 0 Å². The fraction of sp³-hybridized carbons (Fsp3) is 0.263. The first-order valence-electron chi connectivity index (χ1n) is 7.44. The largest absolute Gasteiger partial charge is 1.00 e. The van der Waals surface area contributed by atoms with Crippen LogP contribution in [0.15, 0.2) is 24.3 Å². The van der Waals surface area contributed by atoms with E-state index in [0.717, 1.165) is 16.7 Å². The number of aliphatic hydroxyl groups is 1. The van der Waals surface area contributed by atoms with Crippen LogP contribution >= 0.6 is 0 Å². The van der Waals surface area contributed by atoms with E-state index in [-0.39, 0.29) is 18.2 Å².